The highest BCUT2D eigenvalue weighted by Crippen LogP contribution is 2.42. The lowest BCUT2D eigenvalue weighted by atomic mass is 9.98. The smallest absolute Gasteiger partial charge is 0.259 e. The zero-order chi connectivity index (χ0) is 17.7. The van der Waals surface area contributed by atoms with E-state index in [-0.39, 0.29) is 11.9 Å². The number of rotatable bonds is 2. The highest BCUT2D eigenvalue weighted by Gasteiger charge is 2.38. The molecule has 4 aromatic rings. The minimum atomic E-state index is -0.184. The van der Waals surface area contributed by atoms with Gasteiger partial charge in [-0.05, 0) is 47.5 Å². The average molecular weight is 360 g/mol. The van der Waals surface area contributed by atoms with Crippen LogP contribution in [0, 0.1) is 0 Å². The van der Waals surface area contributed by atoms with Crippen LogP contribution in [0.4, 0.5) is 5.69 Å². The van der Waals surface area contributed by atoms with Crippen molar-refractivity contribution in [3.63, 3.8) is 0 Å². The van der Waals surface area contributed by atoms with Gasteiger partial charge in [0.2, 0.25) is 0 Å². The molecule has 0 spiro atoms. The molecule has 0 bridgehead atoms. The maximum atomic E-state index is 13.2. The molecule has 126 valence electrons. The number of amides is 1. The molecule has 26 heavy (non-hydrogen) atoms. The van der Waals surface area contributed by atoms with Crippen LogP contribution in [0.25, 0.3) is 11.0 Å². The number of aromatic nitrogens is 2. The summed E-state index contributed by atoms with van der Waals surface area (Å²) >= 11 is 6.06. The molecule has 5 heteroatoms. The fourth-order valence-corrected chi connectivity index (χ4v) is 3.76. The Kier molecular flexibility index (Phi) is 3.33. The number of carbonyl (C=O) groups excluding carboxylic acids is 1. The molecule has 1 amide bonds. The summed E-state index contributed by atoms with van der Waals surface area (Å²) in [6.07, 6.45) is 1.66. The fraction of sp³-hybridized carbons (Fsp3) is 0.0476. The lowest BCUT2D eigenvalue weighted by Crippen LogP contribution is -2.28. The molecule has 0 aliphatic carbocycles. The molecule has 1 aliphatic heterocycles. The molecule has 0 saturated carbocycles. The van der Waals surface area contributed by atoms with Crippen LogP contribution < -0.4 is 4.90 Å². The Morgan fingerprint density at radius 2 is 1.81 bits per heavy atom. The molecule has 0 fully saturated rings. The molecular weight excluding hydrogens is 346 g/mol. The van der Waals surface area contributed by atoms with Crippen LogP contribution in [0.2, 0.25) is 5.02 Å². The molecule has 1 aliphatic rings. The number of nitrogens with one attached hydrogen (secondary N) is 1. The Morgan fingerprint density at radius 3 is 2.65 bits per heavy atom. The first kappa shape index (κ1) is 15.2. The van der Waals surface area contributed by atoms with Crippen LogP contribution in [0.5, 0.6) is 0 Å². The number of halogens is 1. The minimum Gasteiger partial charge on any atom is -0.345 e. The number of fused-ring (bicyclic) bond motifs is 2. The van der Waals surface area contributed by atoms with Gasteiger partial charge in [0.1, 0.15) is 0 Å². The first-order chi connectivity index (χ1) is 12.7. The van der Waals surface area contributed by atoms with Crippen LogP contribution in [0.1, 0.15) is 27.5 Å². The lowest BCUT2D eigenvalue weighted by molar-refractivity contribution is 0.0993. The zero-order valence-corrected chi connectivity index (χ0v) is 14.4. The Morgan fingerprint density at radius 1 is 1.00 bits per heavy atom. The average Bonchev–Trinajstić information content (AvgIpc) is 3.25. The Hall–Kier alpha value is -3.11. The van der Waals surface area contributed by atoms with Crippen LogP contribution in [0.3, 0.4) is 0 Å². The van der Waals surface area contributed by atoms with Crippen molar-refractivity contribution in [1.29, 1.82) is 0 Å². The molecule has 0 unspecified atom stereocenters. The summed E-state index contributed by atoms with van der Waals surface area (Å²) in [6.45, 7) is 0. The number of aromatic amines is 1. The van der Waals surface area contributed by atoms with E-state index < -0.39 is 0 Å². The van der Waals surface area contributed by atoms with Crippen molar-refractivity contribution in [2.24, 2.45) is 0 Å². The monoisotopic (exact) mass is 359 g/mol. The van der Waals surface area contributed by atoms with Gasteiger partial charge in [-0.2, -0.15) is 0 Å². The maximum absolute atomic E-state index is 13.2. The van der Waals surface area contributed by atoms with Gasteiger partial charge in [-0.15, -0.1) is 0 Å². The van der Waals surface area contributed by atoms with E-state index in [1.165, 1.54) is 0 Å². The van der Waals surface area contributed by atoms with Gasteiger partial charge in [0.15, 0.2) is 0 Å². The third-order valence-corrected chi connectivity index (χ3v) is 5.08. The molecule has 1 atom stereocenters. The minimum absolute atomic E-state index is 0.000541. The van der Waals surface area contributed by atoms with Crippen molar-refractivity contribution in [2.75, 3.05) is 4.90 Å². The summed E-state index contributed by atoms with van der Waals surface area (Å²) in [6, 6.07) is 21.1. The van der Waals surface area contributed by atoms with E-state index in [4.69, 9.17) is 11.6 Å². The summed E-state index contributed by atoms with van der Waals surface area (Å²) in [4.78, 5) is 22.4. The van der Waals surface area contributed by atoms with Gasteiger partial charge in [0.05, 0.1) is 23.4 Å². The number of imidazole rings is 1. The second-order valence-corrected chi connectivity index (χ2v) is 6.76. The van der Waals surface area contributed by atoms with Gasteiger partial charge >= 0.3 is 0 Å². The summed E-state index contributed by atoms with van der Waals surface area (Å²) in [7, 11) is 0. The number of hydrogen-bond donors (Lipinski definition) is 1. The van der Waals surface area contributed by atoms with E-state index in [1.54, 1.807) is 6.33 Å². The van der Waals surface area contributed by atoms with Crippen molar-refractivity contribution < 1.29 is 4.79 Å². The highest BCUT2D eigenvalue weighted by molar-refractivity contribution is 6.30. The maximum Gasteiger partial charge on any atom is 0.259 e. The predicted molar refractivity (Wildman–Crippen MR) is 103 cm³/mol. The molecule has 2 heterocycles. The van der Waals surface area contributed by atoms with Gasteiger partial charge in [0, 0.05) is 16.3 Å². The lowest BCUT2D eigenvalue weighted by Gasteiger charge is -2.26. The number of hydrogen-bond acceptors (Lipinski definition) is 2. The third kappa shape index (κ3) is 2.23. The number of nitrogens with zero attached hydrogens (tertiary/aromatic N) is 2. The van der Waals surface area contributed by atoms with Crippen molar-refractivity contribution in [3.05, 3.63) is 94.8 Å². The Labute approximate surface area is 155 Å². The topological polar surface area (TPSA) is 49.0 Å². The van der Waals surface area contributed by atoms with Gasteiger partial charge in [-0.25, -0.2) is 4.98 Å². The van der Waals surface area contributed by atoms with E-state index in [2.05, 4.69) is 9.97 Å². The van der Waals surface area contributed by atoms with E-state index in [0.29, 0.717) is 5.02 Å². The largest absolute Gasteiger partial charge is 0.345 e. The molecule has 1 aromatic heterocycles. The second-order valence-electron chi connectivity index (χ2n) is 6.32. The standard InChI is InChI=1S/C21H14ClN3O/c22-14-7-5-13(6-8-14)20-16-3-1-2-4-17(16)21(26)25(20)15-9-10-18-19(11-15)24-12-23-18/h1-12,20H,(H,23,24)/t20-/m0/s1. The summed E-state index contributed by atoms with van der Waals surface area (Å²) in [5.74, 6) is -0.000541. The number of benzene rings is 3. The summed E-state index contributed by atoms with van der Waals surface area (Å²) in [5, 5.41) is 0.678. The Balaban J connectivity index is 1.71. The Bertz CT molecular complexity index is 1130. The van der Waals surface area contributed by atoms with Crippen LogP contribution in [-0.2, 0) is 0 Å². The van der Waals surface area contributed by atoms with Crippen LogP contribution in [0.15, 0.2) is 73.1 Å². The summed E-state index contributed by atoms with van der Waals surface area (Å²) in [5.41, 5.74) is 5.38. The van der Waals surface area contributed by atoms with Gasteiger partial charge in [-0.3, -0.25) is 9.69 Å². The quantitative estimate of drug-likeness (QED) is 0.549. The third-order valence-electron chi connectivity index (χ3n) is 4.83. The van der Waals surface area contributed by atoms with Crippen molar-refractivity contribution >= 4 is 34.2 Å². The van der Waals surface area contributed by atoms with Gasteiger partial charge in [-0.1, -0.05) is 41.9 Å². The van der Waals surface area contributed by atoms with E-state index in [9.17, 15) is 4.79 Å². The fourth-order valence-electron chi connectivity index (χ4n) is 3.63. The molecule has 5 rings (SSSR count). The van der Waals surface area contributed by atoms with Crippen molar-refractivity contribution in [3.8, 4) is 0 Å². The SMILES string of the molecule is O=C1c2ccccc2[C@H](c2ccc(Cl)cc2)N1c1ccc2nc[nH]c2c1. The molecule has 4 nitrogen and oxygen atoms in total. The molecule has 3 aromatic carbocycles. The second kappa shape index (κ2) is 5.71. The van der Waals surface area contributed by atoms with E-state index >= 15 is 0 Å². The molecule has 0 radical (unpaired) electrons. The number of H-pyrrole nitrogens is 1. The van der Waals surface area contributed by atoms with Crippen molar-refractivity contribution in [2.45, 2.75) is 6.04 Å². The predicted octanol–water partition coefficient (Wildman–Crippen LogP) is 4.97. The van der Waals surface area contributed by atoms with Crippen molar-refractivity contribution in [1.82, 2.24) is 9.97 Å². The normalized spacial score (nSPS) is 16.3. The highest BCUT2D eigenvalue weighted by atomic mass is 35.5. The first-order valence-corrected chi connectivity index (χ1v) is 8.71. The van der Waals surface area contributed by atoms with Crippen LogP contribution >= 0.6 is 11.6 Å². The number of anilines is 1. The van der Waals surface area contributed by atoms with E-state index in [0.717, 1.165) is 33.4 Å². The summed E-state index contributed by atoms with van der Waals surface area (Å²) < 4.78 is 0. The number of carbonyl (C=O) groups is 1. The zero-order valence-electron chi connectivity index (χ0n) is 13.7. The first-order valence-electron chi connectivity index (χ1n) is 8.33. The van der Waals surface area contributed by atoms with Gasteiger partial charge < -0.3 is 4.98 Å². The van der Waals surface area contributed by atoms with Gasteiger partial charge in [0.25, 0.3) is 5.91 Å². The van der Waals surface area contributed by atoms with Crippen LogP contribution in [-0.4, -0.2) is 15.9 Å². The molecule has 0 saturated heterocycles. The molecule has 1 N–H and O–H groups in total. The molecular formula is C21H14ClN3O. The van der Waals surface area contributed by atoms with E-state index in [1.807, 2.05) is 71.6 Å².